The molecule has 0 bridgehead atoms. The van der Waals surface area contributed by atoms with Gasteiger partial charge in [-0.05, 0) is 36.1 Å². The molecule has 0 saturated heterocycles. The minimum absolute atomic E-state index is 0.139. The summed E-state index contributed by atoms with van der Waals surface area (Å²) in [5, 5.41) is 0. The topological polar surface area (TPSA) is 52.6 Å². The minimum atomic E-state index is -0.511. The van der Waals surface area contributed by atoms with Crippen LogP contribution in [0.4, 0.5) is 0 Å². The molecule has 4 heteroatoms. The first-order valence-electron chi connectivity index (χ1n) is 8.02. The molecule has 0 atom stereocenters. The Bertz CT molecular complexity index is 771. The molecule has 0 aromatic heterocycles. The van der Waals surface area contributed by atoms with E-state index in [9.17, 15) is 9.59 Å². The fourth-order valence-corrected chi connectivity index (χ4v) is 2.71. The highest BCUT2D eigenvalue weighted by Gasteiger charge is 2.22. The highest BCUT2D eigenvalue weighted by Crippen LogP contribution is 2.32. The van der Waals surface area contributed by atoms with Gasteiger partial charge in [-0.2, -0.15) is 0 Å². The van der Waals surface area contributed by atoms with Gasteiger partial charge >= 0.3 is 11.9 Å². The van der Waals surface area contributed by atoms with E-state index in [0.717, 1.165) is 27.8 Å². The molecule has 0 saturated carbocycles. The average Bonchev–Trinajstić information content (AvgIpc) is 2.59. The fourth-order valence-electron chi connectivity index (χ4n) is 2.71. The Labute approximate surface area is 148 Å². The summed E-state index contributed by atoms with van der Waals surface area (Å²) in [6.07, 6.45) is 0. The number of benzene rings is 2. The maximum atomic E-state index is 12.5. The van der Waals surface area contributed by atoms with Gasteiger partial charge in [0.2, 0.25) is 0 Å². The van der Waals surface area contributed by atoms with Crippen LogP contribution in [0, 0.1) is 13.8 Å². The summed E-state index contributed by atoms with van der Waals surface area (Å²) >= 11 is 0. The SMILES string of the molecule is COC(=O)C(COC(C)=O)=C(c1ccccc1C)c1ccccc1C. The second kappa shape index (κ2) is 8.29. The molecule has 0 spiro atoms. The zero-order chi connectivity index (χ0) is 18.4. The van der Waals surface area contributed by atoms with E-state index in [1.807, 2.05) is 62.4 Å². The van der Waals surface area contributed by atoms with Gasteiger partial charge in [-0.1, -0.05) is 48.5 Å². The molecule has 0 unspecified atom stereocenters. The molecular weight excluding hydrogens is 316 g/mol. The lowest BCUT2D eigenvalue weighted by Gasteiger charge is -2.18. The Morgan fingerprint density at radius 1 is 0.880 bits per heavy atom. The molecule has 2 aromatic rings. The van der Waals surface area contributed by atoms with E-state index in [4.69, 9.17) is 9.47 Å². The normalized spacial score (nSPS) is 10.1. The van der Waals surface area contributed by atoms with Crippen molar-refractivity contribution in [3.8, 4) is 0 Å². The third-order valence-corrected chi connectivity index (χ3v) is 3.98. The van der Waals surface area contributed by atoms with Crippen molar-refractivity contribution in [3.63, 3.8) is 0 Å². The summed E-state index contributed by atoms with van der Waals surface area (Å²) in [6, 6.07) is 15.6. The Morgan fingerprint density at radius 3 is 1.76 bits per heavy atom. The highest BCUT2D eigenvalue weighted by molar-refractivity contribution is 6.03. The van der Waals surface area contributed by atoms with Crippen LogP contribution in [0.15, 0.2) is 54.1 Å². The van der Waals surface area contributed by atoms with Gasteiger partial charge in [-0.25, -0.2) is 4.79 Å². The quantitative estimate of drug-likeness (QED) is 0.614. The van der Waals surface area contributed by atoms with Gasteiger partial charge < -0.3 is 9.47 Å². The van der Waals surface area contributed by atoms with Gasteiger partial charge in [0.25, 0.3) is 0 Å². The Morgan fingerprint density at radius 2 is 1.36 bits per heavy atom. The molecule has 0 aliphatic rings. The van der Waals surface area contributed by atoms with E-state index in [1.54, 1.807) is 0 Å². The summed E-state index contributed by atoms with van der Waals surface area (Å²) in [5.74, 6) is -0.960. The highest BCUT2D eigenvalue weighted by atomic mass is 16.5. The molecule has 4 nitrogen and oxygen atoms in total. The molecule has 0 heterocycles. The van der Waals surface area contributed by atoms with Gasteiger partial charge in [-0.15, -0.1) is 0 Å². The molecule has 0 N–H and O–H groups in total. The summed E-state index contributed by atoms with van der Waals surface area (Å²) in [5.41, 5.74) is 4.90. The van der Waals surface area contributed by atoms with E-state index in [2.05, 4.69) is 0 Å². The van der Waals surface area contributed by atoms with E-state index in [-0.39, 0.29) is 6.61 Å². The van der Waals surface area contributed by atoms with Crippen molar-refractivity contribution in [3.05, 3.63) is 76.4 Å². The molecule has 25 heavy (non-hydrogen) atoms. The average molecular weight is 338 g/mol. The first-order chi connectivity index (χ1) is 12.0. The van der Waals surface area contributed by atoms with E-state index < -0.39 is 11.9 Å². The largest absolute Gasteiger partial charge is 0.466 e. The van der Waals surface area contributed by atoms with Crippen molar-refractivity contribution in [2.45, 2.75) is 20.8 Å². The molecule has 2 aromatic carbocycles. The van der Waals surface area contributed by atoms with Crippen LogP contribution in [0.25, 0.3) is 5.57 Å². The number of rotatable bonds is 5. The number of carbonyl (C=O) groups is 2. The Kier molecular flexibility index (Phi) is 6.12. The van der Waals surface area contributed by atoms with Crippen LogP contribution in [0.1, 0.15) is 29.2 Å². The maximum absolute atomic E-state index is 12.5. The van der Waals surface area contributed by atoms with E-state index in [0.29, 0.717) is 5.57 Å². The number of hydrogen-bond donors (Lipinski definition) is 0. The van der Waals surface area contributed by atoms with Crippen molar-refractivity contribution < 1.29 is 19.1 Å². The summed E-state index contributed by atoms with van der Waals surface area (Å²) in [6.45, 7) is 5.14. The number of ether oxygens (including phenoxy) is 2. The first-order valence-corrected chi connectivity index (χ1v) is 8.02. The zero-order valence-electron chi connectivity index (χ0n) is 15.0. The van der Waals surface area contributed by atoms with Crippen LogP contribution < -0.4 is 0 Å². The van der Waals surface area contributed by atoms with Crippen LogP contribution in [0.2, 0.25) is 0 Å². The lowest BCUT2D eigenvalue weighted by atomic mass is 9.88. The lowest BCUT2D eigenvalue weighted by Crippen LogP contribution is -2.16. The van der Waals surface area contributed by atoms with Crippen LogP contribution in [0.3, 0.4) is 0 Å². The monoisotopic (exact) mass is 338 g/mol. The van der Waals surface area contributed by atoms with Crippen molar-refractivity contribution in [2.75, 3.05) is 13.7 Å². The number of methoxy groups -OCH3 is 1. The van der Waals surface area contributed by atoms with Crippen molar-refractivity contribution in [2.24, 2.45) is 0 Å². The smallest absolute Gasteiger partial charge is 0.337 e. The first kappa shape index (κ1) is 18.5. The summed E-state index contributed by atoms with van der Waals surface area (Å²) in [7, 11) is 1.32. The number of carbonyl (C=O) groups excluding carboxylic acids is 2. The van der Waals surface area contributed by atoms with Gasteiger partial charge in [0, 0.05) is 12.5 Å². The van der Waals surface area contributed by atoms with Gasteiger partial charge in [0.15, 0.2) is 0 Å². The third kappa shape index (κ3) is 4.35. The van der Waals surface area contributed by atoms with Crippen LogP contribution in [-0.2, 0) is 19.1 Å². The standard InChI is InChI=1S/C21H22O4/c1-14-9-5-7-11-17(14)20(18-12-8-6-10-15(18)2)19(21(23)24-4)13-25-16(3)22/h5-12H,13H2,1-4H3. The Balaban J connectivity index is 2.78. The molecule has 0 aliphatic carbocycles. The van der Waals surface area contributed by atoms with Crippen molar-refractivity contribution in [1.82, 2.24) is 0 Å². The predicted octanol–water partition coefficient (Wildman–Crippen LogP) is 3.84. The maximum Gasteiger partial charge on any atom is 0.337 e. The van der Waals surface area contributed by atoms with E-state index >= 15 is 0 Å². The molecular formula is C21H22O4. The molecule has 130 valence electrons. The zero-order valence-corrected chi connectivity index (χ0v) is 15.0. The third-order valence-electron chi connectivity index (χ3n) is 3.98. The van der Waals surface area contributed by atoms with Gasteiger partial charge in [0.05, 0.1) is 12.7 Å². The Hall–Kier alpha value is -2.88. The second-order valence-electron chi connectivity index (χ2n) is 5.76. The second-order valence-corrected chi connectivity index (χ2v) is 5.76. The predicted molar refractivity (Wildman–Crippen MR) is 97.0 cm³/mol. The van der Waals surface area contributed by atoms with Crippen molar-refractivity contribution >= 4 is 17.5 Å². The lowest BCUT2D eigenvalue weighted by molar-refractivity contribution is -0.142. The minimum Gasteiger partial charge on any atom is -0.466 e. The van der Waals surface area contributed by atoms with Crippen LogP contribution >= 0.6 is 0 Å². The number of aryl methyl sites for hydroxylation is 2. The number of esters is 2. The van der Waals surface area contributed by atoms with Crippen molar-refractivity contribution in [1.29, 1.82) is 0 Å². The number of hydrogen-bond acceptors (Lipinski definition) is 4. The molecule has 0 fully saturated rings. The van der Waals surface area contributed by atoms with Gasteiger partial charge in [-0.3, -0.25) is 4.79 Å². The molecule has 0 aliphatic heterocycles. The summed E-state index contributed by atoms with van der Waals surface area (Å²) < 4.78 is 10.1. The van der Waals surface area contributed by atoms with Crippen LogP contribution in [-0.4, -0.2) is 25.7 Å². The van der Waals surface area contributed by atoms with E-state index in [1.165, 1.54) is 14.0 Å². The summed E-state index contributed by atoms with van der Waals surface area (Å²) in [4.78, 5) is 23.8. The fraction of sp³-hybridized carbons (Fsp3) is 0.238. The molecule has 0 amide bonds. The van der Waals surface area contributed by atoms with Gasteiger partial charge in [0.1, 0.15) is 6.61 Å². The molecule has 0 radical (unpaired) electrons. The molecule has 2 rings (SSSR count). The van der Waals surface area contributed by atoms with Crippen LogP contribution in [0.5, 0.6) is 0 Å².